The van der Waals surface area contributed by atoms with Gasteiger partial charge in [0.1, 0.15) is 0 Å². The van der Waals surface area contributed by atoms with E-state index in [-0.39, 0.29) is 16.7 Å². The summed E-state index contributed by atoms with van der Waals surface area (Å²) in [6.45, 7) is 0. The van der Waals surface area contributed by atoms with E-state index in [1.165, 1.54) is 24.3 Å². The molecule has 0 aliphatic carbocycles. The fourth-order valence-corrected chi connectivity index (χ4v) is 4.40. The molecule has 2 N–H and O–H groups in total. The number of rotatable bonds is 4. The Bertz CT molecular complexity index is 1250. The summed E-state index contributed by atoms with van der Waals surface area (Å²) in [5.41, 5.74) is -4.48. The second kappa shape index (κ2) is 8.38. The average Bonchev–Trinajstić information content (AvgIpc) is 2.71. The molecule has 0 radical (unpaired) electrons. The van der Waals surface area contributed by atoms with Crippen LogP contribution in [0.4, 0.5) is 32.0 Å². The summed E-state index contributed by atoms with van der Waals surface area (Å²) < 4.78 is 108. The number of nitrogens with zero attached hydrogens (tertiary/aromatic N) is 1. The van der Waals surface area contributed by atoms with Crippen molar-refractivity contribution in [2.45, 2.75) is 17.2 Å². The van der Waals surface area contributed by atoms with Crippen LogP contribution in [0, 0.1) is 0 Å². The van der Waals surface area contributed by atoms with Crippen molar-refractivity contribution in [3.05, 3.63) is 71.8 Å². The topological polar surface area (TPSA) is 63.4 Å². The molecule has 0 aliphatic heterocycles. The zero-order chi connectivity index (χ0) is 24.8. The van der Waals surface area contributed by atoms with E-state index in [2.05, 4.69) is 0 Å². The van der Waals surface area contributed by atoms with E-state index in [0.29, 0.717) is 12.1 Å². The van der Waals surface area contributed by atoms with E-state index in [1.54, 1.807) is 18.2 Å². The molecule has 11 heteroatoms. The molecule has 3 aromatic carbocycles. The number of alkyl halides is 6. The van der Waals surface area contributed by atoms with E-state index >= 15 is 0 Å². The van der Waals surface area contributed by atoms with Gasteiger partial charge in [0.05, 0.1) is 21.7 Å². The Labute approximate surface area is 186 Å². The highest BCUT2D eigenvalue weighted by Gasteiger charge is 2.42. The highest BCUT2D eigenvalue weighted by molar-refractivity contribution is 7.89. The van der Waals surface area contributed by atoms with Gasteiger partial charge in [0.2, 0.25) is 10.0 Å². The SMILES string of the molecule is CN(C)c1c(C(F)(F)F)cc(-c2cccc(S(N)(=O)=O)c2-c2ccccc2)cc1C(F)(F)F. The summed E-state index contributed by atoms with van der Waals surface area (Å²) in [5.74, 6) is 0. The van der Waals surface area contributed by atoms with Crippen molar-refractivity contribution in [1.29, 1.82) is 0 Å². The van der Waals surface area contributed by atoms with Gasteiger partial charge in [0, 0.05) is 19.7 Å². The average molecular weight is 488 g/mol. The molecule has 33 heavy (non-hydrogen) atoms. The minimum Gasteiger partial charge on any atom is -0.377 e. The molecule has 0 fully saturated rings. The number of hydrogen-bond acceptors (Lipinski definition) is 3. The largest absolute Gasteiger partial charge is 0.418 e. The lowest BCUT2D eigenvalue weighted by molar-refractivity contribution is -0.142. The first-order valence-electron chi connectivity index (χ1n) is 9.33. The summed E-state index contributed by atoms with van der Waals surface area (Å²) in [7, 11) is -2.20. The molecule has 0 saturated carbocycles. The predicted molar refractivity (Wildman–Crippen MR) is 113 cm³/mol. The van der Waals surface area contributed by atoms with Crippen molar-refractivity contribution in [2.24, 2.45) is 5.14 Å². The predicted octanol–water partition coefficient (Wildman–Crippen LogP) is 5.77. The van der Waals surface area contributed by atoms with Crippen molar-refractivity contribution in [1.82, 2.24) is 0 Å². The highest BCUT2D eigenvalue weighted by Crippen LogP contribution is 2.47. The van der Waals surface area contributed by atoms with Gasteiger partial charge >= 0.3 is 12.4 Å². The molecule has 4 nitrogen and oxygen atoms in total. The maximum Gasteiger partial charge on any atom is 0.418 e. The highest BCUT2D eigenvalue weighted by atomic mass is 32.2. The van der Waals surface area contributed by atoms with Gasteiger partial charge in [-0.05, 0) is 34.9 Å². The summed E-state index contributed by atoms with van der Waals surface area (Å²) in [4.78, 5) is 0.318. The lowest BCUT2D eigenvalue weighted by atomic mass is 9.91. The van der Waals surface area contributed by atoms with Crippen molar-refractivity contribution in [3.63, 3.8) is 0 Å². The van der Waals surface area contributed by atoms with Crippen LogP contribution in [0.2, 0.25) is 0 Å². The van der Waals surface area contributed by atoms with Crippen molar-refractivity contribution >= 4 is 15.7 Å². The number of halogens is 6. The van der Waals surface area contributed by atoms with E-state index in [4.69, 9.17) is 5.14 Å². The second-order valence-corrected chi connectivity index (χ2v) is 8.93. The minimum absolute atomic E-state index is 0.0977. The Hall–Kier alpha value is -3.05. The Balaban J connectivity index is 2.51. The minimum atomic E-state index is -5.11. The first kappa shape index (κ1) is 24.6. The molecule has 3 rings (SSSR count). The Morgan fingerprint density at radius 3 is 1.70 bits per heavy atom. The molecule has 0 aliphatic rings. The monoisotopic (exact) mass is 488 g/mol. The van der Waals surface area contributed by atoms with E-state index in [9.17, 15) is 34.8 Å². The van der Waals surface area contributed by atoms with Crippen LogP contribution in [-0.4, -0.2) is 22.5 Å². The number of anilines is 1. The van der Waals surface area contributed by atoms with Gasteiger partial charge in [-0.3, -0.25) is 0 Å². The van der Waals surface area contributed by atoms with Crippen LogP contribution in [0.15, 0.2) is 65.6 Å². The molecule has 0 aromatic heterocycles. The lowest BCUT2D eigenvalue weighted by Gasteiger charge is -2.26. The quantitative estimate of drug-likeness (QED) is 0.474. The Kier molecular flexibility index (Phi) is 6.24. The third kappa shape index (κ3) is 4.98. The number of hydrogen-bond donors (Lipinski definition) is 1. The molecule has 0 unspecified atom stereocenters. The van der Waals surface area contributed by atoms with Crippen LogP contribution in [-0.2, 0) is 22.4 Å². The van der Waals surface area contributed by atoms with Crippen LogP contribution in [0.25, 0.3) is 22.3 Å². The third-order valence-corrected chi connectivity index (χ3v) is 5.83. The second-order valence-electron chi connectivity index (χ2n) is 7.40. The molecule has 0 heterocycles. The van der Waals surface area contributed by atoms with Crippen LogP contribution in [0.3, 0.4) is 0 Å². The van der Waals surface area contributed by atoms with Crippen molar-refractivity contribution in [2.75, 3.05) is 19.0 Å². The molecule has 0 spiro atoms. The smallest absolute Gasteiger partial charge is 0.377 e. The summed E-state index contributed by atoms with van der Waals surface area (Å²) in [5, 5.41) is 5.31. The van der Waals surface area contributed by atoms with Gasteiger partial charge in [-0.25, -0.2) is 13.6 Å². The van der Waals surface area contributed by atoms with Gasteiger partial charge < -0.3 is 4.90 Å². The summed E-state index contributed by atoms with van der Waals surface area (Å²) in [6, 6.07) is 12.5. The normalized spacial score (nSPS) is 12.6. The van der Waals surface area contributed by atoms with Gasteiger partial charge in [-0.2, -0.15) is 26.3 Å². The Morgan fingerprint density at radius 1 is 0.758 bits per heavy atom. The Morgan fingerprint density at radius 2 is 1.27 bits per heavy atom. The van der Waals surface area contributed by atoms with E-state index in [1.807, 2.05) is 0 Å². The standard InChI is InChI=1S/C22H18F6N2O2S/c1-30(2)20-16(21(23,24)25)11-14(12-17(20)22(26,27)28)15-9-6-10-18(33(29,31)32)19(15)13-7-4-3-5-8-13/h3-12H,1-2H3,(H2,29,31,32). The third-order valence-electron chi connectivity index (χ3n) is 4.87. The van der Waals surface area contributed by atoms with Crippen LogP contribution >= 0.6 is 0 Å². The first-order valence-corrected chi connectivity index (χ1v) is 10.9. The van der Waals surface area contributed by atoms with Crippen molar-refractivity contribution in [3.8, 4) is 22.3 Å². The molecule has 0 saturated heterocycles. The van der Waals surface area contributed by atoms with Crippen LogP contribution < -0.4 is 10.0 Å². The molecular weight excluding hydrogens is 470 g/mol. The molecule has 0 amide bonds. The van der Waals surface area contributed by atoms with Crippen molar-refractivity contribution < 1.29 is 34.8 Å². The van der Waals surface area contributed by atoms with E-state index < -0.39 is 49.6 Å². The van der Waals surface area contributed by atoms with Gasteiger partial charge in [0.25, 0.3) is 0 Å². The van der Waals surface area contributed by atoms with Gasteiger partial charge in [0.15, 0.2) is 0 Å². The fraction of sp³-hybridized carbons (Fsp3) is 0.182. The number of sulfonamides is 1. The summed E-state index contributed by atoms with van der Waals surface area (Å²) in [6.07, 6.45) is -10.2. The molecule has 3 aromatic rings. The molecule has 0 atom stereocenters. The number of benzene rings is 3. The maximum atomic E-state index is 13.9. The van der Waals surface area contributed by atoms with Gasteiger partial charge in [-0.15, -0.1) is 0 Å². The molecular formula is C22H18F6N2O2S. The lowest BCUT2D eigenvalue weighted by Crippen LogP contribution is -2.22. The maximum absolute atomic E-state index is 13.9. The zero-order valence-corrected chi connectivity index (χ0v) is 18.1. The van der Waals surface area contributed by atoms with E-state index in [0.717, 1.165) is 25.1 Å². The van der Waals surface area contributed by atoms with Gasteiger partial charge in [-0.1, -0.05) is 42.5 Å². The zero-order valence-electron chi connectivity index (χ0n) is 17.3. The molecule has 176 valence electrons. The summed E-state index contributed by atoms with van der Waals surface area (Å²) >= 11 is 0. The number of primary sulfonamides is 1. The van der Waals surface area contributed by atoms with Crippen LogP contribution in [0.1, 0.15) is 11.1 Å². The first-order chi connectivity index (χ1) is 15.1. The van der Waals surface area contributed by atoms with Crippen LogP contribution in [0.5, 0.6) is 0 Å². The molecule has 0 bridgehead atoms. The number of nitrogens with two attached hydrogens (primary N) is 1. The fourth-order valence-electron chi connectivity index (χ4n) is 3.62.